The topological polar surface area (TPSA) is 12.5 Å². The van der Waals surface area contributed by atoms with E-state index in [1.807, 2.05) is 13.8 Å². The highest BCUT2D eigenvalue weighted by atomic mass is 16.5. The Morgan fingerprint density at radius 3 is 2.12 bits per heavy atom. The van der Waals surface area contributed by atoms with Crippen LogP contribution in [0.5, 0.6) is 5.75 Å². The molecular weight excluding hydrogens is 210 g/mol. The third-order valence-corrected chi connectivity index (χ3v) is 2.35. The van der Waals surface area contributed by atoms with E-state index in [2.05, 4.69) is 50.2 Å². The van der Waals surface area contributed by atoms with Crippen LogP contribution in [-0.2, 0) is 6.42 Å². The molecule has 0 saturated heterocycles. The molecule has 17 heavy (non-hydrogen) atoms. The highest BCUT2D eigenvalue weighted by Crippen LogP contribution is 2.12. The number of hydrogen-bond acceptors (Lipinski definition) is 2. The summed E-state index contributed by atoms with van der Waals surface area (Å²) in [7, 11) is 4.16. The monoisotopic (exact) mass is 237 g/mol. The van der Waals surface area contributed by atoms with Crippen LogP contribution in [-0.4, -0.2) is 32.1 Å². The molecule has 0 spiro atoms. The van der Waals surface area contributed by atoms with Crippen LogP contribution in [0.2, 0.25) is 0 Å². The third-order valence-electron chi connectivity index (χ3n) is 2.35. The van der Waals surface area contributed by atoms with Gasteiger partial charge in [-0.1, -0.05) is 32.9 Å². The molecule has 0 N–H and O–H groups in total. The lowest BCUT2D eigenvalue weighted by molar-refractivity contribution is 0.281. The number of rotatable bonds is 6. The maximum atomic E-state index is 5.63. The number of benzene rings is 1. The summed E-state index contributed by atoms with van der Waals surface area (Å²) in [6.45, 7) is 8.03. The Morgan fingerprint density at radius 1 is 1.06 bits per heavy atom. The lowest BCUT2D eigenvalue weighted by atomic mass is 10.2. The average molecular weight is 237 g/mol. The fourth-order valence-electron chi connectivity index (χ4n) is 1.39. The predicted molar refractivity (Wildman–Crippen MR) is 75.8 cm³/mol. The van der Waals surface area contributed by atoms with E-state index in [0.717, 1.165) is 31.7 Å². The SMILES string of the molecule is CC.CCc1ccc(OCCCN(C)C)cc1. The Labute approximate surface area is 107 Å². The number of ether oxygens (including phenoxy) is 1. The minimum Gasteiger partial charge on any atom is -0.494 e. The van der Waals surface area contributed by atoms with Crippen LogP contribution in [0.25, 0.3) is 0 Å². The summed E-state index contributed by atoms with van der Waals surface area (Å²) in [5, 5.41) is 0. The Bertz CT molecular complexity index is 267. The molecule has 0 heterocycles. The fraction of sp³-hybridized carbons (Fsp3) is 0.600. The smallest absolute Gasteiger partial charge is 0.119 e. The molecule has 0 amide bonds. The van der Waals surface area contributed by atoms with E-state index in [1.165, 1.54) is 5.56 Å². The van der Waals surface area contributed by atoms with Crippen molar-refractivity contribution in [3.63, 3.8) is 0 Å². The first-order valence-corrected chi connectivity index (χ1v) is 6.59. The summed E-state index contributed by atoms with van der Waals surface area (Å²) >= 11 is 0. The van der Waals surface area contributed by atoms with Gasteiger partial charge in [0.25, 0.3) is 0 Å². The second-order valence-corrected chi connectivity index (χ2v) is 4.00. The first-order chi connectivity index (χ1) is 8.22. The zero-order valence-corrected chi connectivity index (χ0v) is 12.0. The van der Waals surface area contributed by atoms with Gasteiger partial charge >= 0.3 is 0 Å². The third kappa shape index (κ3) is 7.81. The summed E-state index contributed by atoms with van der Waals surface area (Å²) in [5.41, 5.74) is 1.36. The van der Waals surface area contributed by atoms with Gasteiger partial charge in [-0.25, -0.2) is 0 Å². The second-order valence-electron chi connectivity index (χ2n) is 4.00. The zero-order valence-electron chi connectivity index (χ0n) is 12.0. The van der Waals surface area contributed by atoms with Gasteiger partial charge in [0.2, 0.25) is 0 Å². The minimum absolute atomic E-state index is 0.795. The van der Waals surface area contributed by atoms with E-state index in [4.69, 9.17) is 4.74 Å². The molecule has 0 bridgehead atoms. The minimum atomic E-state index is 0.795. The molecule has 0 aliphatic carbocycles. The zero-order chi connectivity index (χ0) is 13.1. The highest BCUT2D eigenvalue weighted by Gasteiger charge is 1.95. The van der Waals surface area contributed by atoms with E-state index in [0.29, 0.717) is 0 Å². The quantitative estimate of drug-likeness (QED) is 0.701. The molecule has 1 aromatic carbocycles. The Balaban J connectivity index is 0.00000121. The molecule has 0 unspecified atom stereocenters. The van der Waals surface area contributed by atoms with Crippen LogP contribution in [0.3, 0.4) is 0 Å². The van der Waals surface area contributed by atoms with Crippen molar-refractivity contribution in [1.29, 1.82) is 0 Å². The van der Waals surface area contributed by atoms with Crippen molar-refractivity contribution in [1.82, 2.24) is 4.90 Å². The molecule has 1 aromatic rings. The van der Waals surface area contributed by atoms with Gasteiger partial charge in [0.05, 0.1) is 6.61 Å². The second kappa shape index (κ2) is 10.2. The Kier molecular flexibility index (Phi) is 9.55. The predicted octanol–water partition coefficient (Wildman–Crippen LogP) is 3.61. The molecule has 1 rings (SSSR count). The first-order valence-electron chi connectivity index (χ1n) is 6.59. The molecule has 0 aliphatic heterocycles. The van der Waals surface area contributed by atoms with Crippen molar-refractivity contribution in [3.8, 4) is 5.75 Å². The molecule has 0 saturated carbocycles. The van der Waals surface area contributed by atoms with Gasteiger partial charge in [-0.3, -0.25) is 0 Å². The molecule has 0 fully saturated rings. The van der Waals surface area contributed by atoms with E-state index >= 15 is 0 Å². The average Bonchev–Trinajstić information content (AvgIpc) is 2.37. The maximum Gasteiger partial charge on any atom is 0.119 e. The number of aryl methyl sites for hydroxylation is 1. The summed E-state index contributed by atoms with van der Waals surface area (Å²) < 4.78 is 5.63. The summed E-state index contributed by atoms with van der Waals surface area (Å²) in [6.07, 6.45) is 2.16. The lowest BCUT2D eigenvalue weighted by Gasteiger charge is -2.10. The summed E-state index contributed by atoms with van der Waals surface area (Å²) in [6, 6.07) is 8.35. The number of hydrogen-bond donors (Lipinski definition) is 0. The van der Waals surface area contributed by atoms with E-state index in [-0.39, 0.29) is 0 Å². The Morgan fingerprint density at radius 2 is 1.65 bits per heavy atom. The highest BCUT2D eigenvalue weighted by molar-refractivity contribution is 5.27. The van der Waals surface area contributed by atoms with Crippen molar-refractivity contribution in [2.24, 2.45) is 0 Å². The lowest BCUT2D eigenvalue weighted by Crippen LogP contribution is -2.15. The van der Waals surface area contributed by atoms with Gasteiger partial charge in [-0.05, 0) is 44.6 Å². The van der Waals surface area contributed by atoms with Gasteiger partial charge in [0.15, 0.2) is 0 Å². The number of nitrogens with zero attached hydrogens (tertiary/aromatic N) is 1. The van der Waals surface area contributed by atoms with Crippen LogP contribution in [0, 0.1) is 0 Å². The van der Waals surface area contributed by atoms with Crippen molar-refractivity contribution < 1.29 is 4.74 Å². The molecule has 0 aliphatic rings. The molecular formula is C15H27NO. The normalized spacial score (nSPS) is 9.76. The van der Waals surface area contributed by atoms with Gasteiger partial charge in [0.1, 0.15) is 5.75 Å². The summed E-state index contributed by atoms with van der Waals surface area (Å²) in [5.74, 6) is 0.978. The molecule has 98 valence electrons. The van der Waals surface area contributed by atoms with Gasteiger partial charge in [-0.2, -0.15) is 0 Å². The summed E-state index contributed by atoms with van der Waals surface area (Å²) in [4.78, 5) is 2.17. The van der Waals surface area contributed by atoms with Crippen LogP contribution in [0.15, 0.2) is 24.3 Å². The van der Waals surface area contributed by atoms with Crippen molar-refractivity contribution in [3.05, 3.63) is 29.8 Å². The molecule has 2 nitrogen and oxygen atoms in total. The van der Waals surface area contributed by atoms with Crippen molar-refractivity contribution >= 4 is 0 Å². The largest absolute Gasteiger partial charge is 0.494 e. The molecule has 0 radical (unpaired) electrons. The standard InChI is InChI=1S/C13H21NO.C2H6/c1-4-12-6-8-13(9-7-12)15-11-5-10-14(2)3;1-2/h6-9H,4-5,10-11H2,1-3H3;1-2H3. The van der Waals surface area contributed by atoms with Crippen molar-refractivity contribution in [2.45, 2.75) is 33.6 Å². The maximum absolute atomic E-state index is 5.63. The Hall–Kier alpha value is -1.02. The van der Waals surface area contributed by atoms with Gasteiger partial charge in [-0.15, -0.1) is 0 Å². The van der Waals surface area contributed by atoms with Crippen LogP contribution >= 0.6 is 0 Å². The molecule has 0 aromatic heterocycles. The van der Waals surface area contributed by atoms with E-state index in [1.54, 1.807) is 0 Å². The van der Waals surface area contributed by atoms with Gasteiger partial charge < -0.3 is 9.64 Å². The van der Waals surface area contributed by atoms with Crippen LogP contribution in [0.1, 0.15) is 32.8 Å². The molecule has 0 atom stereocenters. The van der Waals surface area contributed by atoms with Gasteiger partial charge in [0, 0.05) is 6.54 Å². The van der Waals surface area contributed by atoms with E-state index < -0.39 is 0 Å². The van der Waals surface area contributed by atoms with Crippen LogP contribution < -0.4 is 4.74 Å². The fourth-order valence-corrected chi connectivity index (χ4v) is 1.39. The first kappa shape index (κ1) is 16.0. The van der Waals surface area contributed by atoms with E-state index in [9.17, 15) is 0 Å². The molecule has 2 heteroatoms. The van der Waals surface area contributed by atoms with Crippen molar-refractivity contribution in [2.75, 3.05) is 27.2 Å². The van der Waals surface area contributed by atoms with Crippen LogP contribution in [0.4, 0.5) is 0 Å².